The summed E-state index contributed by atoms with van der Waals surface area (Å²) in [6.07, 6.45) is 11.8. The lowest BCUT2D eigenvalue weighted by molar-refractivity contribution is -0.119. The zero-order chi connectivity index (χ0) is 11.9. The summed E-state index contributed by atoms with van der Waals surface area (Å²) in [5.74, 6) is 1.60. The van der Waals surface area contributed by atoms with Crippen LogP contribution < -0.4 is 0 Å². The fourth-order valence-corrected chi connectivity index (χ4v) is 2.67. The maximum absolute atomic E-state index is 11.9. The normalized spacial score (nSPS) is 18.6. The smallest absolute Gasteiger partial charge is 0.144 e. The minimum atomic E-state index is 0.298. The first kappa shape index (κ1) is 12.3. The van der Waals surface area contributed by atoms with E-state index < -0.39 is 0 Å². The number of Topliss-reactive ketones (excluding diaryl/α,β-unsaturated/α-hetero) is 1. The van der Waals surface area contributed by atoms with Crippen molar-refractivity contribution < 1.29 is 9.32 Å². The number of aromatic nitrogens is 1. The van der Waals surface area contributed by atoms with E-state index in [0.29, 0.717) is 23.9 Å². The average Bonchev–Trinajstić information content (AvgIpc) is 2.74. The molecule has 0 saturated heterocycles. The van der Waals surface area contributed by atoms with Gasteiger partial charge in [0, 0.05) is 12.5 Å². The number of hydrogen-bond acceptors (Lipinski definition) is 3. The first-order chi connectivity index (χ1) is 8.34. The van der Waals surface area contributed by atoms with Gasteiger partial charge in [-0.2, -0.15) is 0 Å². The molecule has 1 heterocycles. The summed E-state index contributed by atoms with van der Waals surface area (Å²) in [5, 5.41) is 3.62. The molecule has 94 valence electrons. The van der Waals surface area contributed by atoms with Gasteiger partial charge in [-0.15, -0.1) is 0 Å². The van der Waals surface area contributed by atoms with Crippen molar-refractivity contribution in [2.75, 3.05) is 0 Å². The fourth-order valence-electron chi connectivity index (χ4n) is 2.67. The Balaban J connectivity index is 1.76. The molecule has 0 spiro atoms. The van der Waals surface area contributed by atoms with Gasteiger partial charge in [0.2, 0.25) is 0 Å². The lowest BCUT2D eigenvalue weighted by Gasteiger charge is -2.18. The number of hydrogen-bond donors (Lipinski definition) is 0. The van der Waals surface area contributed by atoms with Crippen LogP contribution in [0.15, 0.2) is 16.8 Å². The van der Waals surface area contributed by atoms with Gasteiger partial charge in [-0.25, -0.2) is 0 Å². The first-order valence-electron chi connectivity index (χ1n) is 6.76. The van der Waals surface area contributed by atoms with Crippen molar-refractivity contribution in [1.29, 1.82) is 0 Å². The highest BCUT2D eigenvalue weighted by molar-refractivity contribution is 5.80. The molecule has 1 aromatic heterocycles. The van der Waals surface area contributed by atoms with E-state index in [0.717, 1.165) is 6.42 Å². The molecule has 0 unspecified atom stereocenters. The molecule has 3 heteroatoms. The SMILES string of the molecule is O=C(Cc1ccno1)CC1CCCCCCC1. The molecule has 1 aliphatic rings. The highest BCUT2D eigenvalue weighted by atomic mass is 16.5. The van der Waals surface area contributed by atoms with Crippen molar-refractivity contribution in [2.45, 2.75) is 57.8 Å². The summed E-state index contributed by atoms with van der Waals surface area (Å²) in [6, 6.07) is 1.77. The van der Waals surface area contributed by atoms with Crippen LogP contribution in [0, 0.1) is 5.92 Å². The zero-order valence-corrected chi connectivity index (χ0v) is 10.4. The van der Waals surface area contributed by atoms with Crippen molar-refractivity contribution in [1.82, 2.24) is 5.16 Å². The zero-order valence-electron chi connectivity index (χ0n) is 10.4. The van der Waals surface area contributed by atoms with Gasteiger partial charge in [0.1, 0.15) is 11.5 Å². The van der Waals surface area contributed by atoms with Gasteiger partial charge in [0.05, 0.1) is 12.6 Å². The predicted octanol–water partition coefficient (Wildman–Crippen LogP) is 3.54. The topological polar surface area (TPSA) is 43.1 Å². The van der Waals surface area contributed by atoms with Crippen LogP contribution in [0.4, 0.5) is 0 Å². The largest absolute Gasteiger partial charge is 0.361 e. The van der Waals surface area contributed by atoms with Crippen molar-refractivity contribution >= 4 is 5.78 Å². The van der Waals surface area contributed by atoms with Crippen molar-refractivity contribution in [2.24, 2.45) is 5.92 Å². The molecule has 0 atom stereocenters. The molecule has 3 nitrogen and oxygen atoms in total. The summed E-state index contributed by atoms with van der Waals surface area (Å²) in [6.45, 7) is 0. The molecular formula is C14H21NO2. The Bertz CT molecular complexity index is 324. The molecule has 0 bridgehead atoms. The summed E-state index contributed by atoms with van der Waals surface area (Å²) in [4.78, 5) is 11.9. The third-order valence-corrected chi connectivity index (χ3v) is 3.60. The second kappa shape index (κ2) is 6.58. The Morgan fingerprint density at radius 1 is 1.24 bits per heavy atom. The van der Waals surface area contributed by atoms with Gasteiger partial charge in [0.25, 0.3) is 0 Å². The lowest BCUT2D eigenvalue weighted by atomic mass is 9.87. The van der Waals surface area contributed by atoms with E-state index >= 15 is 0 Å². The third-order valence-electron chi connectivity index (χ3n) is 3.60. The summed E-state index contributed by atoms with van der Waals surface area (Å²) < 4.78 is 4.97. The van der Waals surface area contributed by atoms with Gasteiger partial charge in [0.15, 0.2) is 0 Å². The highest BCUT2D eigenvalue weighted by Gasteiger charge is 2.16. The second-order valence-electron chi connectivity index (χ2n) is 5.11. The van der Waals surface area contributed by atoms with E-state index in [4.69, 9.17) is 4.52 Å². The number of carbonyl (C=O) groups excluding carboxylic acids is 1. The summed E-state index contributed by atoms with van der Waals surface area (Å²) in [5.41, 5.74) is 0. The van der Waals surface area contributed by atoms with Crippen molar-refractivity contribution in [3.05, 3.63) is 18.0 Å². The molecule has 0 radical (unpaired) electrons. The van der Waals surface area contributed by atoms with Crippen LogP contribution in [0.1, 0.15) is 57.1 Å². The molecule has 1 fully saturated rings. The van der Waals surface area contributed by atoms with E-state index in [9.17, 15) is 4.79 Å². The third kappa shape index (κ3) is 4.33. The molecule has 1 aromatic rings. The molecular weight excluding hydrogens is 214 g/mol. The van der Waals surface area contributed by atoms with E-state index in [2.05, 4.69) is 5.16 Å². The maximum Gasteiger partial charge on any atom is 0.144 e. The van der Waals surface area contributed by atoms with Gasteiger partial charge in [-0.3, -0.25) is 4.79 Å². The summed E-state index contributed by atoms with van der Waals surface area (Å²) in [7, 11) is 0. The van der Waals surface area contributed by atoms with Crippen LogP contribution in [-0.4, -0.2) is 10.9 Å². The van der Waals surface area contributed by atoms with Crippen molar-refractivity contribution in [3.63, 3.8) is 0 Å². The van der Waals surface area contributed by atoms with Crippen LogP contribution in [0.5, 0.6) is 0 Å². The Kier molecular flexibility index (Phi) is 4.77. The Hall–Kier alpha value is -1.12. The fraction of sp³-hybridized carbons (Fsp3) is 0.714. The molecule has 0 amide bonds. The molecule has 17 heavy (non-hydrogen) atoms. The van der Waals surface area contributed by atoms with E-state index in [-0.39, 0.29) is 0 Å². The van der Waals surface area contributed by atoms with Crippen LogP contribution in [-0.2, 0) is 11.2 Å². The summed E-state index contributed by atoms with van der Waals surface area (Å²) >= 11 is 0. The van der Waals surface area contributed by atoms with E-state index in [1.54, 1.807) is 12.3 Å². The number of rotatable bonds is 4. The van der Waals surface area contributed by atoms with Crippen LogP contribution >= 0.6 is 0 Å². The number of carbonyl (C=O) groups is 1. The molecule has 0 N–H and O–H groups in total. The minimum absolute atomic E-state index is 0.298. The van der Waals surface area contributed by atoms with E-state index in [1.165, 1.54) is 44.9 Å². The number of ketones is 1. The number of nitrogens with zero attached hydrogens (tertiary/aromatic N) is 1. The molecule has 0 aliphatic heterocycles. The Morgan fingerprint density at radius 3 is 2.59 bits per heavy atom. The molecule has 2 rings (SSSR count). The van der Waals surface area contributed by atoms with Gasteiger partial charge in [-0.1, -0.05) is 50.1 Å². The van der Waals surface area contributed by atoms with Crippen LogP contribution in [0.25, 0.3) is 0 Å². The highest BCUT2D eigenvalue weighted by Crippen LogP contribution is 2.25. The first-order valence-corrected chi connectivity index (χ1v) is 6.76. The molecule has 1 saturated carbocycles. The Morgan fingerprint density at radius 2 is 1.94 bits per heavy atom. The average molecular weight is 235 g/mol. The monoisotopic (exact) mass is 235 g/mol. The van der Waals surface area contributed by atoms with Crippen LogP contribution in [0.2, 0.25) is 0 Å². The van der Waals surface area contributed by atoms with E-state index in [1.807, 2.05) is 0 Å². The van der Waals surface area contributed by atoms with Gasteiger partial charge in [-0.05, 0) is 5.92 Å². The second-order valence-corrected chi connectivity index (χ2v) is 5.11. The quantitative estimate of drug-likeness (QED) is 0.801. The maximum atomic E-state index is 11.9. The van der Waals surface area contributed by atoms with Gasteiger partial charge < -0.3 is 4.52 Å². The predicted molar refractivity (Wildman–Crippen MR) is 65.6 cm³/mol. The molecule has 0 aromatic carbocycles. The lowest BCUT2D eigenvalue weighted by Crippen LogP contribution is -2.12. The minimum Gasteiger partial charge on any atom is -0.361 e. The standard InChI is InChI=1S/C14H21NO2/c16-13(11-14-8-9-15-17-14)10-12-6-4-2-1-3-5-7-12/h8-9,12H,1-7,10-11H2. The molecule has 1 aliphatic carbocycles. The van der Waals surface area contributed by atoms with Crippen molar-refractivity contribution in [3.8, 4) is 0 Å². The van der Waals surface area contributed by atoms with Crippen LogP contribution in [0.3, 0.4) is 0 Å². The van der Waals surface area contributed by atoms with Gasteiger partial charge >= 0.3 is 0 Å². The Labute approximate surface area is 103 Å².